The Hall–Kier alpha value is -1.68. The van der Waals surface area contributed by atoms with Crippen LogP contribution in [0.4, 0.5) is 5.69 Å². The van der Waals surface area contributed by atoms with E-state index in [1.165, 1.54) is 0 Å². The fourth-order valence-corrected chi connectivity index (χ4v) is 6.64. The summed E-state index contributed by atoms with van der Waals surface area (Å²) < 4.78 is 11.6. The van der Waals surface area contributed by atoms with Crippen LogP contribution in [-0.4, -0.2) is 70.1 Å². The van der Waals surface area contributed by atoms with E-state index in [1.807, 2.05) is 0 Å². The highest BCUT2D eigenvalue weighted by Crippen LogP contribution is 2.60. The van der Waals surface area contributed by atoms with E-state index in [2.05, 4.69) is 21.2 Å². The third-order valence-corrected chi connectivity index (χ3v) is 7.96. The van der Waals surface area contributed by atoms with Gasteiger partial charge in [0.1, 0.15) is 11.6 Å². The van der Waals surface area contributed by atoms with E-state index in [0.717, 1.165) is 0 Å². The molecule has 0 aromatic heterocycles. The summed E-state index contributed by atoms with van der Waals surface area (Å²) in [5.74, 6) is -2.69. The van der Waals surface area contributed by atoms with Crippen LogP contribution < -0.4 is 5.32 Å². The highest BCUT2D eigenvalue weighted by Gasteiger charge is 2.76. The van der Waals surface area contributed by atoms with Crippen molar-refractivity contribution in [3.8, 4) is 0 Å². The van der Waals surface area contributed by atoms with E-state index < -0.39 is 41.5 Å². The normalized spacial score (nSPS) is 32.2. The van der Waals surface area contributed by atoms with E-state index in [0.29, 0.717) is 42.9 Å². The van der Waals surface area contributed by atoms with Crippen LogP contribution in [0.1, 0.15) is 32.6 Å². The molecule has 1 unspecified atom stereocenters. The van der Waals surface area contributed by atoms with Gasteiger partial charge in [0.15, 0.2) is 0 Å². The summed E-state index contributed by atoms with van der Waals surface area (Å²) in [5, 5.41) is 12.3. The molecule has 1 spiro atoms. The molecule has 2 bridgehead atoms. The highest BCUT2D eigenvalue weighted by molar-refractivity contribution is 9.09. The number of halogens is 2. The minimum absolute atomic E-state index is 0.0674. The zero-order valence-corrected chi connectivity index (χ0v) is 20.7. The van der Waals surface area contributed by atoms with E-state index >= 15 is 0 Å². The number of rotatable bonds is 9. The molecule has 1 aromatic carbocycles. The number of hydrogen-bond donors (Lipinski definition) is 2. The SMILES string of the molecule is CCOC(=O)[C@@H]1[C@H]2O[C@@]3(CC2Br)[C@H](C(=O)Nc2ccccc2Cl)N(CCCCCO)C(=O)[C@@H]13. The zero-order chi connectivity index (χ0) is 23.8. The molecule has 3 aliphatic rings. The molecule has 3 aliphatic heterocycles. The van der Waals surface area contributed by atoms with Crippen LogP contribution in [0.15, 0.2) is 24.3 Å². The highest BCUT2D eigenvalue weighted by atomic mass is 79.9. The maximum absolute atomic E-state index is 13.7. The van der Waals surface area contributed by atoms with Crippen molar-refractivity contribution < 1.29 is 29.0 Å². The maximum Gasteiger partial charge on any atom is 0.312 e. The molecule has 0 saturated carbocycles. The molecule has 0 radical (unpaired) electrons. The number of aliphatic hydroxyl groups excluding tert-OH is 1. The molecular formula is C23H28BrClN2O6. The van der Waals surface area contributed by atoms with Gasteiger partial charge in [0.05, 0.1) is 35.3 Å². The first kappa shape index (κ1) is 24.4. The number of anilines is 1. The number of nitrogens with zero attached hydrogens (tertiary/aromatic N) is 1. The second kappa shape index (κ2) is 9.90. The number of likely N-dealkylation sites (tertiary alicyclic amines) is 1. The van der Waals surface area contributed by atoms with Gasteiger partial charge >= 0.3 is 5.97 Å². The number of benzene rings is 1. The van der Waals surface area contributed by atoms with Crippen LogP contribution in [0, 0.1) is 11.8 Å². The molecule has 0 aliphatic carbocycles. The van der Waals surface area contributed by atoms with Gasteiger partial charge in [0, 0.05) is 18.0 Å². The number of aliphatic hydroxyl groups is 1. The van der Waals surface area contributed by atoms with Crippen molar-refractivity contribution in [3.63, 3.8) is 0 Å². The number of amides is 2. The van der Waals surface area contributed by atoms with Gasteiger partial charge in [0.25, 0.3) is 0 Å². The summed E-state index contributed by atoms with van der Waals surface area (Å²) in [6.07, 6.45) is 1.84. The molecular weight excluding hydrogens is 516 g/mol. The fraction of sp³-hybridized carbons (Fsp3) is 0.609. The molecule has 2 N–H and O–H groups in total. The number of fused-ring (bicyclic) bond motifs is 1. The van der Waals surface area contributed by atoms with Crippen molar-refractivity contribution in [1.29, 1.82) is 0 Å². The van der Waals surface area contributed by atoms with E-state index in [9.17, 15) is 14.4 Å². The summed E-state index contributed by atoms with van der Waals surface area (Å²) in [7, 11) is 0. The Morgan fingerprint density at radius 3 is 2.79 bits per heavy atom. The molecule has 8 nitrogen and oxygen atoms in total. The maximum atomic E-state index is 13.7. The van der Waals surface area contributed by atoms with Crippen molar-refractivity contribution in [2.75, 3.05) is 25.1 Å². The summed E-state index contributed by atoms with van der Waals surface area (Å²) in [4.78, 5) is 41.5. The lowest BCUT2D eigenvalue weighted by Gasteiger charge is -2.34. The van der Waals surface area contributed by atoms with Crippen LogP contribution in [0.25, 0.3) is 0 Å². The van der Waals surface area contributed by atoms with Crippen LogP contribution in [0.3, 0.4) is 0 Å². The molecule has 6 atom stereocenters. The largest absolute Gasteiger partial charge is 0.466 e. The smallest absolute Gasteiger partial charge is 0.312 e. The first-order chi connectivity index (χ1) is 15.9. The molecule has 4 rings (SSSR count). The molecule has 3 fully saturated rings. The summed E-state index contributed by atoms with van der Waals surface area (Å²) in [5.41, 5.74) is -0.683. The van der Waals surface area contributed by atoms with E-state index in [4.69, 9.17) is 26.2 Å². The van der Waals surface area contributed by atoms with Crippen LogP contribution in [0.5, 0.6) is 0 Å². The number of ether oxygens (including phenoxy) is 2. The van der Waals surface area contributed by atoms with Gasteiger partial charge in [0.2, 0.25) is 11.8 Å². The number of unbranched alkanes of at least 4 members (excludes halogenated alkanes) is 2. The standard InChI is InChI=1S/C23H28BrClN2O6/c1-2-32-22(31)16-17-21(30)27(10-6-3-7-11-28)19(23(17)12-13(24)18(16)33-23)20(29)26-15-9-5-4-8-14(15)25/h4-5,8-9,13,16-19,28H,2-3,6-7,10-12H2,1H3,(H,26,29)/t13?,16-,17+,18-,19-,23+/m0/s1. The Morgan fingerprint density at radius 2 is 2.09 bits per heavy atom. The van der Waals surface area contributed by atoms with Gasteiger partial charge in [-0.05, 0) is 44.7 Å². The van der Waals surface area contributed by atoms with Crippen molar-refractivity contribution >= 4 is 51.0 Å². The third-order valence-electron chi connectivity index (χ3n) is 6.79. The Kier molecular flexibility index (Phi) is 7.33. The molecule has 1 aromatic rings. The number of carbonyl (C=O) groups excluding carboxylic acids is 3. The predicted octanol–water partition coefficient (Wildman–Crippen LogP) is 2.75. The third kappa shape index (κ3) is 4.17. The predicted molar refractivity (Wildman–Crippen MR) is 125 cm³/mol. The molecule has 180 valence electrons. The van der Waals surface area contributed by atoms with Gasteiger partial charge in [-0.25, -0.2) is 0 Å². The minimum atomic E-state index is -1.13. The molecule has 3 saturated heterocycles. The summed E-state index contributed by atoms with van der Waals surface area (Å²) >= 11 is 9.86. The van der Waals surface area contributed by atoms with Crippen molar-refractivity contribution in [1.82, 2.24) is 4.90 Å². The fourth-order valence-electron chi connectivity index (χ4n) is 5.51. The number of para-hydroxylation sites is 1. The first-order valence-electron chi connectivity index (χ1n) is 11.3. The van der Waals surface area contributed by atoms with E-state index in [-0.39, 0.29) is 23.9 Å². The van der Waals surface area contributed by atoms with Gasteiger partial charge in [-0.3, -0.25) is 14.4 Å². The van der Waals surface area contributed by atoms with Crippen molar-refractivity contribution in [2.45, 2.75) is 55.2 Å². The van der Waals surface area contributed by atoms with Gasteiger partial charge in [-0.15, -0.1) is 0 Å². The monoisotopic (exact) mass is 542 g/mol. The van der Waals surface area contributed by atoms with Gasteiger partial charge in [-0.1, -0.05) is 39.7 Å². The summed E-state index contributed by atoms with van der Waals surface area (Å²) in [6.45, 7) is 2.31. The number of nitrogens with one attached hydrogen (secondary N) is 1. The van der Waals surface area contributed by atoms with E-state index in [1.54, 1.807) is 36.1 Å². The average molecular weight is 544 g/mol. The lowest BCUT2D eigenvalue weighted by atomic mass is 9.70. The Balaban J connectivity index is 1.68. The van der Waals surface area contributed by atoms with Crippen LogP contribution in [-0.2, 0) is 23.9 Å². The molecule has 3 heterocycles. The zero-order valence-electron chi connectivity index (χ0n) is 18.3. The number of carbonyl (C=O) groups is 3. The quantitative estimate of drug-likeness (QED) is 0.282. The van der Waals surface area contributed by atoms with Crippen LogP contribution >= 0.6 is 27.5 Å². The lowest BCUT2D eigenvalue weighted by Crippen LogP contribution is -2.54. The Morgan fingerprint density at radius 1 is 1.33 bits per heavy atom. The van der Waals surface area contributed by atoms with Crippen molar-refractivity contribution in [2.24, 2.45) is 11.8 Å². The second-order valence-electron chi connectivity index (χ2n) is 8.70. The topological polar surface area (TPSA) is 105 Å². The number of alkyl halides is 1. The molecule has 2 amide bonds. The minimum Gasteiger partial charge on any atom is -0.466 e. The van der Waals surface area contributed by atoms with Crippen LogP contribution in [0.2, 0.25) is 5.02 Å². The van der Waals surface area contributed by atoms with Gasteiger partial charge in [-0.2, -0.15) is 0 Å². The Labute approximate surface area is 206 Å². The van der Waals surface area contributed by atoms with Crippen molar-refractivity contribution in [3.05, 3.63) is 29.3 Å². The molecule has 33 heavy (non-hydrogen) atoms. The first-order valence-corrected chi connectivity index (χ1v) is 12.6. The number of hydrogen-bond acceptors (Lipinski definition) is 6. The lowest BCUT2D eigenvalue weighted by molar-refractivity contribution is -0.154. The summed E-state index contributed by atoms with van der Waals surface area (Å²) in [6, 6.07) is 5.98. The Bertz CT molecular complexity index is 932. The number of esters is 1. The average Bonchev–Trinajstić information content (AvgIpc) is 3.36. The van der Waals surface area contributed by atoms with Gasteiger partial charge < -0.3 is 24.8 Å². The molecule has 10 heteroatoms. The second-order valence-corrected chi connectivity index (χ2v) is 10.3.